The summed E-state index contributed by atoms with van der Waals surface area (Å²) in [5, 5.41) is 19.4. The van der Waals surface area contributed by atoms with E-state index in [0.29, 0.717) is 46.3 Å². The number of ether oxygens (including phenoxy) is 3. The molecule has 0 fully saturated rings. The molecule has 4 rings (SSSR count). The SMILES string of the molecule is C=C(O)[C@@H](C)CC(=O)c1cc2cc(CCCOc3nc4cc(C(=O)CCC(=O)O)sc4cc3OC)c(OC)cc2s1. The van der Waals surface area contributed by atoms with Gasteiger partial charge in [0.05, 0.1) is 53.0 Å². The van der Waals surface area contributed by atoms with Gasteiger partial charge in [0.2, 0.25) is 0 Å². The molecule has 0 saturated carbocycles. The molecule has 1 atom stereocenters. The molecule has 11 heteroatoms. The van der Waals surface area contributed by atoms with Gasteiger partial charge in [0.15, 0.2) is 17.3 Å². The smallest absolute Gasteiger partial charge is 0.303 e. The number of carbonyl (C=O) groups excluding carboxylic acids is 2. The van der Waals surface area contributed by atoms with E-state index in [4.69, 9.17) is 19.3 Å². The highest BCUT2D eigenvalue weighted by Crippen LogP contribution is 2.36. The Kier molecular flexibility index (Phi) is 9.61. The summed E-state index contributed by atoms with van der Waals surface area (Å²) in [6, 6.07) is 9.25. The van der Waals surface area contributed by atoms with Crippen LogP contribution in [0.1, 0.15) is 57.5 Å². The predicted octanol–water partition coefficient (Wildman–Crippen LogP) is 6.87. The predicted molar refractivity (Wildman–Crippen MR) is 159 cm³/mol. The fraction of sp³-hybridized carbons (Fsp3) is 0.333. The topological polar surface area (TPSA) is 132 Å². The lowest BCUT2D eigenvalue weighted by atomic mass is 10.0. The Morgan fingerprint density at radius 2 is 1.61 bits per heavy atom. The largest absolute Gasteiger partial charge is 0.513 e. The third kappa shape index (κ3) is 7.22. The van der Waals surface area contributed by atoms with Gasteiger partial charge in [-0.15, -0.1) is 22.7 Å². The molecular weight excluding hydrogens is 566 g/mol. The third-order valence-corrected chi connectivity index (χ3v) is 8.83. The van der Waals surface area contributed by atoms with Crippen LogP contribution in [0.15, 0.2) is 42.7 Å². The van der Waals surface area contributed by atoms with E-state index >= 15 is 0 Å². The van der Waals surface area contributed by atoms with Crippen LogP contribution in [0.4, 0.5) is 0 Å². The summed E-state index contributed by atoms with van der Waals surface area (Å²) in [4.78, 5) is 41.5. The maximum Gasteiger partial charge on any atom is 0.303 e. The van der Waals surface area contributed by atoms with Crippen molar-refractivity contribution >= 4 is 60.5 Å². The number of allylic oxidation sites excluding steroid dienone is 1. The molecule has 216 valence electrons. The minimum absolute atomic E-state index is 0.00142. The Morgan fingerprint density at radius 1 is 0.927 bits per heavy atom. The van der Waals surface area contributed by atoms with Crippen LogP contribution in [0.3, 0.4) is 0 Å². The zero-order valence-corrected chi connectivity index (χ0v) is 24.7. The molecule has 0 saturated heterocycles. The number of ketones is 2. The quantitative estimate of drug-likeness (QED) is 0.0856. The molecule has 0 radical (unpaired) electrons. The highest BCUT2D eigenvalue weighted by Gasteiger charge is 2.18. The van der Waals surface area contributed by atoms with E-state index in [1.54, 1.807) is 26.2 Å². The molecule has 0 aliphatic carbocycles. The van der Waals surface area contributed by atoms with E-state index in [-0.39, 0.29) is 42.5 Å². The van der Waals surface area contributed by atoms with E-state index in [1.165, 1.54) is 29.8 Å². The number of methoxy groups -OCH3 is 2. The zero-order valence-electron chi connectivity index (χ0n) is 23.0. The Balaban J connectivity index is 1.43. The van der Waals surface area contributed by atoms with Crippen molar-refractivity contribution in [3.63, 3.8) is 0 Å². The number of carbonyl (C=O) groups is 3. The van der Waals surface area contributed by atoms with Gasteiger partial charge >= 0.3 is 5.97 Å². The number of carboxylic acid groups (broad SMARTS) is 1. The molecule has 0 unspecified atom stereocenters. The molecule has 0 spiro atoms. The summed E-state index contributed by atoms with van der Waals surface area (Å²) in [7, 11) is 3.13. The van der Waals surface area contributed by atoms with E-state index < -0.39 is 5.97 Å². The number of carboxylic acids is 1. The normalized spacial score (nSPS) is 11.9. The van der Waals surface area contributed by atoms with E-state index in [0.717, 1.165) is 26.1 Å². The Hall–Kier alpha value is -3.96. The van der Waals surface area contributed by atoms with Crippen LogP contribution in [0, 0.1) is 5.92 Å². The molecule has 1 aromatic carbocycles. The number of Topliss-reactive ketones (excluding diaryl/α,β-unsaturated/α-hetero) is 2. The molecule has 0 bridgehead atoms. The monoisotopic (exact) mass is 597 g/mol. The van der Waals surface area contributed by atoms with Crippen molar-refractivity contribution < 1.29 is 38.8 Å². The molecule has 0 aliphatic rings. The summed E-state index contributed by atoms with van der Waals surface area (Å²) >= 11 is 2.64. The second-order valence-electron chi connectivity index (χ2n) is 9.59. The van der Waals surface area contributed by atoms with Crippen LogP contribution >= 0.6 is 22.7 Å². The molecule has 0 aliphatic heterocycles. The number of aryl methyl sites for hydroxylation is 1. The number of aliphatic hydroxyl groups is 1. The van der Waals surface area contributed by atoms with Gasteiger partial charge < -0.3 is 24.4 Å². The zero-order chi connectivity index (χ0) is 29.7. The fourth-order valence-corrected chi connectivity index (χ4v) is 6.25. The first-order chi connectivity index (χ1) is 19.6. The highest BCUT2D eigenvalue weighted by atomic mass is 32.1. The van der Waals surface area contributed by atoms with Crippen molar-refractivity contribution in [3.8, 4) is 17.4 Å². The van der Waals surface area contributed by atoms with Crippen molar-refractivity contribution in [2.75, 3.05) is 20.8 Å². The van der Waals surface area contributed by atoms with Crippen LogP contribution in [-0.2, 0) is 11.2 Å². The van der Waals surface area contributed by atoms with Crippen LogP contribution in [-0.4, -0.2) is 53.6 Å². The average Bonchev–Trinajstić information content (AvgIpc) is 3.56. The van der Waals surface area contributed by atoms with Crippen LogP contribution in [0.2, 0.25) is 0 Å². The number of hydrogen-bond donors (Lipinski definition) is 2. The molecule has 41 heavy (non-hydrogen) atoms. The Bertz CT molecular complexity index is 1620. The van der Waals surface area contributed by atoms with Crippen molar-refractivity contribution in [1.82, 2.24) is 4.98 Å². The van der Waals surface area contributed by atoms with Gasteiger partial charge in [0.1, 0.15) is 5.75 Å². The van der Waals surface area contributed by atoms with Gasteiger partial charge in [0.25, 0.3) is 5.88 Å². The number of pyridine rings is 1. The lowest BCUT2D eigenvalue weighted by Crippen LogP contribution is -2.06. The number of aromatic nitrogens is 1. The number of thiophene rings is 2. The average molecular weight is 598 g/mol. The van der Waals surface area contributed by atoms with Crippen molar-refractivity contribution in [2.45, 2.75) is 39.0 Å². The van der Waals surface area contributed by atoms with Gasteiger partial charge in [-0.3, -0.25) is 14.4 Å². The molecule has 9 nitrogen and oxygen atoms in total. The number of fused-ring (bicyclic) bond motifs is 2. The van der Waals surface area contributed by atoms with Crippen molar-refractivity contribution in [2.24, 2.45) is 5.92 Å². The summed E-state index contributed by atoms with van der Waals surface area (Å²) in [6.07, 6.45) is 1.21. The van der Waals surface area contributed by atoms with Crippen LogP contribution in [0.25, 0.3) is 20.3 Å². The van der Waals surface area contributed by atoms with E-state index in [1.807, 2.05) is 18.2 Å². The lowest BCUT2D eigenvalue weighted by molar-refractivity contribution is -0.136. The molecule has 4 aromatic rings. The van der Waals surface area contributed by atoms with Crippen LogP contribution in [0.5, 0.6) is 17.4 Å². The summed E-state index contributed by atoms with van der Waals surface area (Å²) in [5.74, 6) is -0.118. The number of nitrogens with zero attached hydrogens (tertiary/aromatic N) is 1. The minimum atomic E-state index is -1.02. The first kappa shape index (κ1) is 30.0. The van der Waals surface area contributed by atoms with Crippen molar-refractivity contribution in [1.29, 1.82) is 0 Å². The van der Waals surface area contributed by atoms with Crippen LogP contribution < -0.4 is 14.2 Å². The molecular formula is C30H31NO8S2. The second kappa shape index (κ2) is 13.1. The maximum absolute atomic E-state index is 12.7. The molecule has 2 N–H and O–H groups in total. The molecule has 3 aromatic heterocycles. The first-order valence-corrected chi connectivity index (χ1v) is 14.6. The van der Waals surface area contributed by atoms with Gasteiger partial charge in [-0.1, -0.05) is 13.5 Å². The van der Waals surface area contributed by atoms with Gasteiger partial charge in [-0.2, -0.15) is 0 Å². The Morgan fingerprint density at radius 3 is 2.29 bits per heavy atom. The number of aliphatic hydroxyl groups excluding tert-OH is 1. The lowest BCUT2D eigenvalue weighted by Gasteiger charge is -2.11. The number of hydrogen-bond acceptors (Lipinski definition) is 10. The van der Waals surface area contributed by atoms with E-state index in [9.17, 15) is 19.5 Å². The highest BCUT2D eigenvalue weighted by molar-refractivity contribution is 7.21. The van der Waals surface area contributed by atoms with E-state index in [2.05, 4.69) is 11.6 Å². The number of aliphatic carboxylic acids is 1. The fourth-order valence-electron chi connectivity index (χ4n) is 4.23. The number of benzene rings is 1. The van der Waals surface area contributed by atoms with Gasteiger partial charge in [-0.05, 0) is 48.1 Å². The Labute approximate surface area is 245 Å². The van der Waals surface area contributed by atoms with Crippen molar-refractivity contribution in [3.05, 3.63) is 58.0 Å². The maximum atomic E-state index is 12.7. The molecule has 0 amide bonds. The standard InChI is InChI=1S/C30H31NO8S2/c1-16(17(2)32)10-22(34)27-12-19-11-18(23(37-3)14-25(19)40-27)6-5-9-39-30-24(38-4)15-26-20(31-30)13-28(41-26)21(33)7-8-29(35)36/h11-16,32H,2,5-10H2,1,3-4H3,(H,35,36)/t16-/m0/s1. The first-order valence-electron chi connectivity index (χ1n) is 13.0. The molecule has 3 heterocycles. The summed E-state index contributed by atoms with van der Waals surface area (Å²) in [5.41, 5.74) is 1.56. The summed E-state index contributed by atoms with van der Waals surface area (Å²) in [6.45, 7) is 5.63. The summed E-state index contributed by atoms with van der Waals surface area (Å²) < 4.78 is 18.7. The van der Waals surface area contributed by atoms with Gasteiger partial charge in [0, 0.05) is 29.5 Å². The van der Waals surface area contributed by atoms with Gasteiger partial charge in [-0.25, -0.2) is 4.98 Å². The second-order valence-corrected chi connectivity index (χ2v) is 11.8. The minimum Gasteiger partial charge on any atom is -0.513 e. The third-order valence-electron chi connectivity index (χ3n) is 6.58. The number of rotatable bonds is 15.